The Hall–Kier alpha value is -2.91. The van der Waals surface area contributed by atoms with Gasteiger partial charge in [0.15, 0.2) is 0 Å². The molecule has 2 aromatic carbocycles. The van der Waals surface area contributed by atoms with Crippen molar-refractivity contribution < 1.29 is 13.6 Å². The maximum absolute atomic E-state index is 13.4. The summed E-state index contributed by atoms with van der Waals surface area (Å²) >= 11 is 0. The van der Waals surface area contributed by atoms with E-state index >= 15 is 0 Å². The summed E-state index contributed by atoms with van der Waals surface area (Å²) in [6, 6.07) is 11.1. The van der Waals surface area contributed by atoms with Gasteiger partial charge in [-0.1, -0.05) is 42.2 Å². The first-order valence-electron chi connectivity index (χ1n) is 8.37. The Balaban J connectivity index is 1.43. The van der Waals surface area contributed by atoms with Gasteiger partial charge in [0.2, 0.25) is 0 Å². The molecule has 0 fully saturated rings. The Morgan fingerprint density at radius 1 is 1.04 bits per heavy atom. The number of halogens is 2. The molecule has 1 aliphatic heterocycles. The highest BCUT2D eigenvalue weighted by atomic mass is 19.1. The third-order valence-corrected chi connectivity index (χ3v) is 4.18. The van der Waals surface area contributed by atoms with E-state index in [1.807, 2.05) is 6.07 Å². The average Bonchev–Trinajstić information content (AvgIpc) is 2.64. The molecule has 6 heteroatoms. The van der Waals surface area contributed by atoms with Crippen molar-refractivity contribution in [3.05, 3.63) is 65.2 Å². The number of nitrogens with zero attached hydrogens (tertiary/aromatic N) is 1. The van der Waals surface area contributed by atoms with Gasteiger partial charge in [-0.25, -0.2) is 13.6 Å². The van der Waals surface area contributed by atoms with Gasteiger partial charge in [-0.3, -0.25) is 4.90 Å². The lowest BCUT2D eigenvalue weighted by molar-refractivity contribution is 0.253. The lowest BCUT2D eigenvalue weighted by atomic mass is 10.0. The second-order valence-electron chi connectivity index (χ2n) is 5.99. The lowest BCUT2D eigenvalue weighted by Crippen LogP contribution is -2.31. The van der Waals surface area contributed by atoms with Crippen LogP contribution in [-0.2, 0) is 13.0 Å². The first kappa shape index (κ1) is 17.9. The molecule has 2 amide bonds. The van der Waals surface area contributed by atoms with Gasteiger partial charge in [0.1, 0.15) is 17.3 Å². The van der Waals surface area contributed by atoms with E-state index < -0.39 is 23.4 Å². The zero-order chi connectivity index (χ0) is 18.4. The number of hydrogen-bond donors (Lipinski definition) is 2. The molecule has 0 spiro atoms. The van der Waals surface area contributed by atoms with Gasteiger partial charge in [0.25, 0.3) is 0 Å². The zero-order valence-electron chi connectivity index (χ0n) is 14.2. The lowest BCUT2D eigenvalue weighted by Gasteiger charge is -2.26. The maximum Gasteiger partial charge on any atom is 0.320 e. The van der Waals surface area contributed by atoms with E-state index in [0.29, 0.717) is 6.54 Å². The molecule has 134 valence electrons. The molecule has 0 bridgehead atoms. The molecular formula is C20H19F2N3O. The van der Waals surface area contributed by atoms with Crippen LogP contribution >= 0.6 is 0 Å². The Labute approximate surface area is 151 Å². The van der Waals surface area contributed by atoms with E-state index in [2.05, 4.69) is 45.6 Å². The number of fused-ring (bicyclic) bond motifs is 1. The SMILES string of the molecule is O=C(NCC#CCN1CCc2ccccc2C1)Nc1c(F)cccc1F. The van der Waals surface area contributed by atoms with Gasteiger partial charge in [0, 0.05) is 13.1 Å². The third-order valence-electron chi connectivity index (χ3n) is 4.18. The first-order chi connectivity index (χ1) is 12.6. The van der Waals surface area contributed by atoms with Crippen molar-refractivity contribution in [3.63, 3.8) is 0 Å². The number of rotatable bonds is 3. The number of urea groups is 1. The molecule has 2 N–H and O–H groups in total. The van der Waals surface area contributed by atoms with Crippen LogP contribution in [0.25, 0.3) is 0 Å². The van der Waals surface area contributed by atoms with Crippen LogP contribution in [-0.4, -0.2) is 30.6 Å². The molecule has 0 radical (unpaired) electrons. The van der Waals surface area contributed by atoms with Gasteiger partial charge in [-0.05, 0) is 29.7 Å². The van der Waals surface area contributed by atoms with Crippen molar-refractivity contribution in [2.45, 2.75) is 13.0 Å². The van der Waals surface area contributed by atoms with Crippen LogP contribution in [0.1, 0.15) is 11.1 Å². The molecule has 0 saturated carbocycles. The monoisotopic (exact) mass is 355 g/mol. The number of amides is 2. The van der Waals surface area contributed by atoms with E-state index in [1.165, 1.54) is 17.2 Å². The minimum atomic E-state index is -0.823. The Morgan fingerprint density at radius 2 is 1.77 bits per heavy atom. The molecule has 1 aliphatic rings. The van der Waals surface area contributed by atoms with E-state index in [9.17, 15) is 13.6 Å². The fraction of sp³-hybridized carbons (Fsp3) is 0.250. The van der Waals surface area contributed by atoms with Crippen molar-refractivity contribution in [1.82, 2.24) is 10.2 Å². The Kier molecular flexibility index (Phi) is 5.82. The summed E-state index contributed by atoms with van der Waals surface area (Å²) in [5.41, 5.74) is 2.24. The van der Waals surface area contributed by atoms with Crippen LogP contribution in [0, 0.1) is 23.5 Å². The summed E-state index contributed by atoms with van der Waals surface area (Å²) < 4.78 is 26.9. The van der Waals surface area contributed by atoms with E-state index in [4.69, 9.17) is 0 Å². The molecule has 3 rings (SSSR count). The molecule has 26 heavy (non-hydrogen) atoms. The molecule has 0 unspecified atom stereocenters. The second kappa shape index (κ2) is 8.45. The first-order valence-corrected chi connectivity index (χ1v) is 8.37. The highest BCUT2D eigenvalue weighted by Gasteiger charge is 2.14. The highest BCUT2D eigenvalue weighted by Crippen LogP contribution is 2.18. The molecule has 4 nitrogen and oxygen atoms in total. The highest BCUT2D eigenvalue weighted by molar-refractivity contribution is 5.89. The molecule has 0 aromatic heterocycles. The number of carbonyl (C=O) groups excluding carboxylic acids is 1. The Bertz CT molecular complexity index is 837. The summed E-state index contributed by atoms with van der Waals surface area (Å²) in [6.07, 6.45) is 1.01. The number of para-hydroxylation sites is 1. The number of nitrogens with one attached hydrogen (secondary N) is 2. The van der Waals surface area contributed by atoms with Crippen LogP contribution in [0.5, 0.6) is 0 Å². The molecule has 0 saturated heterocycles. The average molecular weight is 355 g/mol. The molecular weight excluding hydrogens is 336 g/mol. The van der Waals surface area contributed by atoms with Gasteiger partial charge < -0.3 is 10.6 Å². The minimum absolute atomic E-state index is 0.104. The van der Waals surface area contributed by atoms with Gasteiger partial charge in [0.05, 0.1) is 13.1 Å². The fourth-order valence-corrected chi connectivity index (χ4v) is 2.82. The minimum Gasteiger partial charge on any atom is -0.327 e. The van der Waals surface area contributed by atoms with Crippen molar-refractivity contribution in [2.75, 3.05) is 25.0 Å². The number of benzene rings is 2. The summed E-state index contributed by atoms with van der Waals surface area (Å²) in [7, 11) is 0. The quantitative estimate of drug-likeness (QED) is 0.831. The predicted molar refractivity (Wildman–Crippen MR) is 96.6 cm³/mol. The second-order valence-corrected chi connectivity index (χ2v) is 5.99. The molecule has 1 heterocycles. The van der Waals surface area contributed by atoms with Crippen LogP contribution in [0.3, 0.4) is 0 Å². The van der Waals surface area contributed by atoms with Gasteiger partial charge in [-0.2, -0.15) is 0 Å². The summed E-state index contributed by atoms with van der Waals surface area (Å²) in [5.74, 6) is 4.22. The van der Waals surface area contributed by atoms with E-state index in [1.54, 1.807) is 0 Å². The standard InChI is InChI=1S/C20H19F2N3O/c21-17-8-5-9-18(22)19(17)24-20(26)23-11-3-4-12-25-13-10-15-6-1-2-7-16(15)14-25/h1-2,5-9H,10-14H2,(H2,23,24,26). The topological polar surface area (TPSA) is 44.4 Å². The van der Waals surface area contributed by atoms with Gasteiger partial charge >= 0.3 is 6.03 Å². The van der Waals surface area contributed by atoms with Crippen LogP contribution < -0.4 is 10.6 Å². The van der Waals surface area contributed by atoms with Crippen LogP contribution in [0.15, 0.2) is 42.5 Å². The van der Waals surface area contributed by atoms with Crippen LogP contribution in [0.2, 0.25) is 0 Å². The molecule has 0 atom stereocenters. The number of hydrogen-bond acceptors (Lipinski definition) is 2. The van der Waals surface area contributed by atoms with Crippen molar-refractivity contribution in [1.29, 1.82) is 0 Å². The molecule has 0 aliphatic carbocycles. The van der Waals surface area contributed by atoms with E-state index in [0.717, 1.165) is 31.6 Å². The van der Waals surface area contributed by atoms with Crippen LogP contribution in [0.4, 0.5) is 19.3 Å². The fourth-order valence-electron chi connectivity index (χ4n) is 2.82. The van der Waals surface area contributed by atoms with Crippen molar-refractivity contribution in [2.24, 2.45) is 0 Å². The largest absolute Gasteiger partial charge is 0.327 e. The summed E-state index contributed by atoms with van der Waals surface area (Å²) in [4.78, 5) is 13.9. The smallest absolute Gasteiger partial charge is 0.320 e. The maximum atomic E-state index is 13.4. The summed E-state index contributed by atoms with van der Waals surface area (Å²) in [5, 5.41) is 4.61. The van der Waals surface area contributed by atoms with Gasteiger partial charge in [-0.15, -0.1) is 0 Å². The third kappa shape index (κ3) is 4.58. The Morgan fingerprint density at radius 3 is 2.54 bits per heavy atom. The van der Waals surface area contributed by atoms with Crippen molar-refractivity contribution >= 4 is 11.7 Å². The number of carbonyl (C=O) groups is 1. The number of anilines is 1. The normalized spacial score (nSPS) is 13.3. The zero-order valence-corrected chi connectivity index (χ0v) is 14.2. The predicted octanol–water partition coefficient (Wildman–Crippen LogP) is 3.15. The summed E-state index contributed by atoms with van der Waals surface area (Å²) in [6.45, 7) is 2.53. The molecule has 2 aromatic rings. The van der Waals surface area contributed by atoms with E-state index in [-0.39, 0.29) is 6.54 Å². The van der Waals surface area contributed by atoms with Crippen molar-refractivity contribution in [3.8, 4) is 11.8 Å².